The molecule has 1 N–H and O–H groups in total. The molecular formula is C25H25N3. The molecule has 3 aromatic carbocycles. The molecule has 0 radical (unpaired) electrons. The van der Waals surface area contributed by atoms with E-state index in [0.717, 1.165) is 54.8 Å². The van der Waals surface area contributed by atoms with E-state index in [1.54, 1.807) is 0 Å². The maximum atomic E-state index is 4.83. The van der Waals surface area contributed by atoms with Gasteiger partial charge < -0.3 is 5.32 Å². The molecule has 1 aromatic heterocycles. The third kappa shape index (κ3) is 4.74. The van der Waals surface area contributed by atoms with E-state index in [4.69, 9.17) is 9.97 Å². The van der Waals surface area contributed by atoms with Gasteiger partial charge in [-0.05, 0) is 42.5 Å². The largest absolute Gasteiger partial charge is 0.369 e. The summed E-state index contributed by atoms with van der Waals surface area (Å²) in [6, 6.07) is 29.3. The van der Waals surface area contributed by atoms with E-state index in [0.29, 0.717) is 0 Å². The number of hydrogen-bond acceptors (Lipinski definition) is 3. The van der Waals surface area contributed by atoms with Crippen LogP contribution in [0.4, 0.5) is 5.82 Å². The molecule has 0 saturated heterocycles. The van der Waals surface area contributed by atoms with Gasteiger partial charge in [-0.2, -0.15) is 0 Å². The van der Waals surface area contributed by atoms with Crippen LogP contribution in [0.1, 0.15) is 29.8 Å². The minimum atomic E-state index is 0.744. The number of unbranched alkanes of at least 4 members (excludes halogenated alkanes) is 1. The van der Waals surface area contributed by atoms with Crippen LogP contribution in [0.2, 0.25) is 0 Å². The minimum absolute atomic E-state index is 0.744. The minimum Gasteiger partial charge on any atom is -0.369 e. The fourth-order valence-corrected chi connectivity index (χ4v) is 3.42. The van der Waals surface area contributed by atoms with Crippen molar-refractivity contribution in [3.8, 4) is 0 Å². The highest BCUT2D eigenvalue weighted by atomic mass is 15.0. The van der Waals surface area contributed by atoms with Crippen molar-refractivity contribution in [1.82, 2.24) is 9.97 Å². The molecule has 4 rings (SSSR count). The summed E-state index contributed by atoms with van der Waals surface area (Å²) in [6.07, 6.45) is 4.14. The SMILES string of the molecule is c1ccc(CCCCNc2nc(Cc3ccccc3)nc3ccccc23)cc1. The monoisotopic (exact) mass is 367 g/mol. The van der Waals surface area contributed by atoms with E-state index >= 15 is 0 Å². The Labute approximate surface area is 166 Å². The molecule has 0 aliphatic rings. The number of nitrogens with zero attached hydrogens (tertiary/aromatic N) is 2. The summed E-state index contributed by atoms with van der Waals surface area (Å²) in [5.41, 5.74) is 3.63. The zero-order chi connectivity index (χ0) is 19.0. The van der Waals surface area contributed by atoms with E-state index in [1.807, 2.05) is 18.2 Å². The number of nitrogens with one attached hydrogen (secondary N) is 1. The Morgan fingerprint density at radius 2 is 1.32 bits per heavy atom. The van der Waals surface area contributed by atoms with Crippen LogP contribution >= 0.6 is 0 Å². The summed E-state index contributed by atoms with van der Waals surface area (Å²) >= 11 is 0. The second kappa shape index (κ2) is 9.14. The fraction of sp³-hybridized carbons (Fsp3) is 0.200. The van der Waals surface area contributed by atoms with E-state index in [-0.39, 0.29) is 0 Å². The maximum Gasteiger partial charge on any atom is 0.137 e. The maximum absolute atomic E-state index is 4.83. The first kappa shape index (κ1) is 18.2. The van der Waals surface area contributed by atoms with Crippen LogP contribution in [0, 0.1) is 0 Å². The van der Waals surface area contributed by atoms with Crippen LogP contribution in [0.25, 0.3) is 10.9 Å². The Morgan fingerprint density at radius 1 is 0.643 bits per heavy atom. The van der Waals surface area contributed by atoms with Gasteiger partial charge in [0.05, 0.1) is 5.52 Å². The quantitative estimate of drug-likeness (QED) is 0.409. The molecule has 140 valence electrons. The molecule has 3 heteroatoms. The second-order valence-electron chi connectivity index (χ2n) is 7.04. The van der Waals surface area contributed by atoms with E-state index in [1.165, 1.54) is 11.1 Å². The van der Waals surface area contributed by atoms with Crippen molar-refractivity contribution in [3.05, 3.63) is 102 Å². The van der Waals surface area contributed by atoms with Gasteiger partial charge in [0, 0.05) is 18.4 Å². The number of hydrogen-bond donors (Lipinski definition) is 1. The number of para-hydroxylation sites is 1. The average Bonchev–Trinajstić information content (AvgIpc) is 2.75. The lowest BCUT2D eigenvalue weighted by Gasteiger charge is -2.11. The first-order chi connectivity index (χ1) is 13.9. The molecule has 0 aliphatic heterocycles. The predicted octanol–water partition coefficient (Wildman–Crippen LogP) is 5.66. The first-order valence-corrected chi connectivity index (χ1v) is 9.96. The molecule has 0 fully saturated rings. The van der Waals surface area contributed by atoms with Crippen molar-refractivity contribution < 1.29 is 0 Å². The molecule has 4 aromatic rings. The van der Waals surface area contributed by atoms with E-state index in [2.05, 4.69) is 72.0 Å². The number of fused-ring (bicyclic) bond motifs is 1. The Bertz CT molecular complexity index is 1010. The summed E-state index contributed by atoms with van der Waals surface area (Å²) in [5, 5.41) is 4.63. The molecule has 3 nitrogen and oxygen atoms in total. The van der Waals surface area contributed by atoms with Gasteiger partial charge in [-0.3, -0.25) is 0 Å². The fourth-order valence-electron chi connectivity index (χ4n) is 3.42. The van der Waals surface area contributed by atoms with Crippen molar-refractivity contribution in [2.45, 2.75) is 25.7 Å². The van der Waals surface area contributed by atoms with Crippen LogP contribution in [0.5, 0.6) is 0 Å². The van der Waals surface area contributed by atoms with Crippen LogP contribution in [-0.2, 0) is 12.8 Å². The van der Waals surface area contributed by atoms with Crippen LogP contribution in [0.15, 0.2) is 84.9 Å². The van der Waals surface area contributed by atoms with E-state index < -0.39 is 0 Å². The molecule has 0 aliphatic carbocycles. The third-order valence-electron chi connectivity index (χ3n) is 4.88. The zero-order valence-electron chi connectivity index (χ0n) is 16.0. The molecule has 0 unspecified atom stereocenters. The zero-order valence-corrected chi connectivity index (χ0v) is 16.0. The summed E-state index contributed by atoms with van der Waals surface area (Å²) < 4.78 is 0. The first-order valence-electron chi connectivity index (χ1n) is 9.96. The van der Waals surface area contributed by atoms with Gasteiger partial charge in [-0.15, -0.1) is 0 Å². The number of benzene rings is 3. The molecule has 0 atom stereocenters. The van der Waals surface area contributed by atoms with Crippen molar-refractivity contribution in [3.63, 3.8) is 0 Å². The summed E-state index contributed by atoms with van der Waals surface area (Å²) in [4.78, 5) is 9.59. The van der Waals surface area contributed by atoms with Crippen molar-refractivity contribution >= 4 is 16.7 Å². The highest BCUT2D eigenvalue weighted by Crippen LogP contribution is 2.21. The third-order valence-corrected chi connectivity index (χ3v) is 4.88. The number of aryl methyl sites for hydroxylation is 1. The highest BCUT2D eigenvalue weighted by Gasteiger charge is 2.08. The number of anilines is 1. The summed E-state index contributed by atoms with van der Waals surface area (Å²) in [5.74, 6) is 1.80. The van der Waals surface area contributed by atoms with E-state index in [9.17, 15) is 0 Å². The predicted molar refractivity (Wildman–Crippen MR) is 117 cm³/mol. The Morgan fingerprint density at radius 3 is 2.11 bits per heavy atom. The average molecular weight is 367 g/mol. The smallest absolute Gasteiger partial charge is 0.137 e. The van der Waals surface area contributed by atoms with Crippen molar-refractivity contribution in [2.75, 3.05) is 11.9 Å². The van der Waals surface area contributed by atoms with Gasteiger partial charge in [0.1, 0.15) is 11.6 Å². The second-order valence-corrected chi connectivity index (χ2v) is 7.04. The topological polar surface area (TPSA) is 37.8 Å². The van der Waals surface area contributed by atoms with Crippen molar-refractivity contribution in [1.29, 1.82) is 0 Å². The van der Waals surface area contributed by atoms with Gasteiger partial charge >= 0.3 is 0 Å². The van der Waals surface area contributed by atoms with Gasteiger partial charge in [-0.1, -0.05) is 72.8 Å². The molecule has 0 saturated carbocycles. The van der Waals surface area contributed by atoms with Gasteiger partial charge in [-0.25, -0.2) is 9.97 Å². The van der Waals surface area contributed by atoms with Gasteiger partial charge in [0.2, 0.25) is 0 Å². The highest BCUT2D eigenvalue weighted by molar-refractivity contribution is 5.89. The number of rotatable bonds is 8. The van der Waals surface area contributed by atoms with Gasteiger partial charge in [0.15, 0.2) is 0 Å². The standard InChI is InChI=1S/C25H25N3/c1-3-11-20(12-4-1)13-9-10-18-26-25-22-16-7-8-17-23(22)27-24(28-25)19-21-14-5-2-6-15-21/h1-8,11-12,14-17H,9-10,13,18-19H2,(H,26,27,28). The normalized spacial score (nSPS) is 10.9. The molecule has 28 heavy (non-hydrogen) atoms. The number of aromatic nitrogens is 2. The van der Waals surface area contributed by atoms with Crippen LogP contribution < -0.4 is 5.32 Å². The molecule has 0 bridgehead atoms. The van der Waals surface area contributed by atoms with Gasteiger partial charge in [0.25, 0.3) is 0 Å². The lowest BCUT2D eigenvalue weighted by atomic mass is 10.1. The molecular weight excluding hydrogens is 342 g/mol. The Balaban J connectivity index is 1.43. The molecule has 0 spiro atoms. The van der Waals surface area contributed by atoms with Crippen molar-refractivity contribution in [2.24, 2.45) is 0 Å². The molecule has 1 heterocycles. The lowest BCUT2D eigenvalue weighted by molar-refractivity contribution is 0.761. The lowest BCUT2D eigenvalue weighted by Crippen LogP contribution is -2.07. The van der Waals surface area contributed by atoms with Crippen LogP contribution in [-0.4, -0.2) is 16.5 Å². The van der Waals surface area contributed by atoms with Crippen LogP contribution in [0.3, 0.4) is 0 Å². The Hall–Kier alpha value is -3.20. The Kier molecular flexibility index (Phi) is 5.93. The molecule has 0 amide bonds. The summed E-state index contributed by atoms with van der Waals surface area (Å²) in [7, 11) is 0. The summed E-state index contributed by atoms with van der Waals surface area (Å²) in [6.45, 7) is 0.915.